The van der Waals surface area contributed by atoms with Gasteiger partial charge in [-0.1, -0.05) is 197 Å². The van der Waals surface area contributed by atoms with Crippen LogP contribution in [0.4, 0.5) is 8.78 Å². The van der Waals surface area contributed by atoms with Crippen LogP contribution in [0.25, 0.3) is 0 Å². The van der Waals surface area contributed by atoms with E-state index in [1.165, 1.54) is 134 Å². The zero-order valence-electron chi connectivity index (χ0n) is 42.8. The Kier molecular flexibility index (Phi) is 27.2. The Labute approximate surface area is 417 Å². The summed E-state index contributed by atoms with van der Waals surface area (Å²) in [6.45, 7) is 6.08. The highest BCUT2D eigenvalue weighted by Gasteiger charge is 2.40. The van der Waals surface area contributed by atoms with Gasteiger partial charge < -0.3 is 14.2 Å². The number of unbranched alkanes of at least 4 members (excludes halogenated alkanes) is 24. The molecule has 2 aliphatic carbocycles. The number of rotatable bonds is 35. The number of ether oxygens (including phenoxy) is 3. The van der Waals surface area contributed by atoms with Gasteiger partial charge in [0, 0.05) is 22.3 Å². The van der Waals surface area contributed by atoms with Crippen LogP contribution in [0.15, 0.2) is 66.7 Å². The molecule has 5 rings (SSSR count). The molecular weight excluding hydrogens is 859 g/mol. The van der Waals surface area contributed by atoms with Crippen molar-refractivity contribution in [3.05, 3.63) is 106 Å². The molecule has 0 aromatic heterocycles. The molecule has 376 valence electrons. The first kappa shape index (κ1) is 55.4. The average molecular weight is 945 g/mol. The highest BCUT2D eigenvalue weighted by Crippen LogP contribution is 2.44. The number of allylic oxidation sites excluding steroid dienone is 2. The summed E-state index contributed by atoms with van der Waals surface area (Å²) < 4.78 is 47.4. The molecule has 3 aromatic rings. The van der Waals surface area contributed by atoms with Crippen molar-refractivity contribution in [2.75, 3.05) is 19.8 Å². The molecule has 4 nitrogen and oxygen atoms in total. The maximum absolute atomic E-state index is 15.1. The van der Waals surface area contributed by atoms with Crippen molar-refractivity contribution in [1.82, 2.24) is 0 Å². The van der Waals surface area contributed by atoms with Gasteiger partial charge in [0.2, 0.25) is 0 Å². The predicted molar refractivity (Wildman–Crippen MR) is 282 cm³/mol. The van der Waals surface area contributed by atoms with Crippen LogP contribution in [0.5, 0.6) is 11.5 Å². The summed E-state index contributed by atoms with van der Waals surface area (Å²) >= 11 is 0. The standard InChI is InChI=1S/C63H86F2O4/c1-3-5-7-9-11-15-19-23-27-43-67-61-41-36-52(49-59(61)64)32-31-51-33-38-55(39-34-53-37-42-62(60(65)50-53)68-44-28-24-20-16-12-10-8-6-4-2)56(46-51)30-26-22-18-14-13-17-21-25-29-45-69-63(66)58-48-54-35-40-57(58)47-54/h33,35-38,40-42,46,49-50,54,57-58H,3-30,43-45,47-48H2,1-2H3. The molecule has 0 amide bonds. The van der Waals surface area contributed by atoms with Gasteiger partial charge in [-0.3, -0.25) is 4.79 Å². The number of halogens is 2. The molecule has 0 heterocycles. The molecule has 2 bridgehead atoms. The van der Waals surface area contributed by atoms with E-state index in [0.717, 1.165) is 87.3 Å². The van der Waals surface area contributed by atoms with E-state index in [4.69, 9.17) is 14.2 Å². The molecule has 0 aliphatic heterocycles. The summed E-state index contributed by atoms with van der Waals surface area (Å²) in [6.07, 6.45) is 39.7. The lowest BCUT2D eigenvalue weighted by Gasteiger charge is -2.16. The van der Waals surface area contributed by atoms with Gasteiger partial charge in [-0.2, -0.15) is 0 Å². The largest absolute Gasteiger partial charge is 0.491 e. The normalized spacial score (nSPS) is 15.7. The van der Waals surface area contributed by atoms with E-state index in [1.807, 2.05) is 24.3 Å². The van der Waals surface area contributed by atoms with Gasteiger partial charge in [-0.15, -0.1) is 0 Å². The first-order chi connectivity index (χ1) is 33.9. The molecule has 1 fully saturated rings. The third kappa shape index (κ3) is 22.0. The zero-order valence-corrected chi connectivity index (χ0v) is 42.8. The van der Waals surface area contributed by atoms with Crippen molar-refractivity contribution in [1.29, 1.82) is 0 Å². The highest BCUT2D eigenvalue weighted by atomic mass is 19.1. The third-order valence-electron chi connectivity index (χ3n) is 14.1. The van der Waals surface area contributed by atoms with E-state index in [0.29, 0.717) is 42.8 Å². The summed E-state index contributed by atoms with van der Waals surface area (Å²) in [5.74, 6) is 13.8. The van der Waals surface area contributed by atoms with E-state index < -0.39 is 0 Å². The Balaban J connectivity index is 1.07. The van der Waals surface area contributed by atoms with Gasteiger partial charge in [0.05, 0.1) is 25.7 Å². The summed E-state index contributed by atoms with van der Waals surface area (Å²) in [7, 11) is 0. The Morgan fingerprint density at radius 3 is 1.39 bits per heavy atom. The molecule has 1 saturated carbocycles. The number of hydrogen-bond acceptors (Lipinski definition) is 4. The number of benzene rings is 3. The van der Waals surface area contributed by atoms with Crippen LogP contribution in [0.2, 0.25) is 0 Å². The first-order valence-corrected chi connectivity index (χ1v) is 27.8. The second kappa shape index (κ2) is 33.9. The van der Waals surface area contributed by atoms with Crippen LogP contribution in [-0.2, 0) is 16.0 Å². The number of aryl methyl sites for hydroxylation is 1. The number of fused-ring (bicyclic) bond motifs is 2. The maximum atomic E-state index is 15.1. The fourth-order valence-corrected chi connectivity index (χ4v) is 9.85. The van der Waals surface area contributed by atoms with Crippen molar-refractivity contribution < 1.29 is 27.8 Å². The van der Waals surface area contributed by atoms with Crippen LogP contribution < -0.4 is 9.47 Å². The molecule has 6 heteroatoms. The molecule has 3 unspecified atom stereocenters. The maximum Gasteiger partial charge on any atom is 0.309 e. The van der Waals surface area contributed by atoms with Crippen LogP contribution in [0, 0.1) is 53.1 Å². The fourth-order valence-electron chi connectivity index (χ4n) is 9.85. The molecular formula is C63H86F2O4. The second-order valence-electron chi connectivity index (χ2n) is 20.0. The molecule has 0 N–H and O–H groups in total. The fraction of sp³-hybridized carbons (Fsp3) is 0.603. The van der Waals surface area contributed by atoms with Crippen LogP contribution >= 0.6 is 0 Å². The number of carbonyl (C=O) groups is 1. The van der Waals surface area contributed by atoms with Gasteiger partial charge in [0.25, 0.3) is 0 Å². The minimum atomic E-state index is -0.389. The van der Waals surface area contributed by atoms with E-state index in [1.54, 1.807) is 12.1 Å². The van der Waals surface area contributed by atoms with Gasteiger partial charge in [0.1, 0.15) is 0 Å². The summed E-state index contributed by atoms with van der Waals surface area (Å²) in [5.41, 5.74) is 4.07. The van der Waals surface area contributed by atoms with Gasteiger partial charge >= 0.3 is 5.97 Å². The number of hydrogen-bond donors (Lipinski definition) is 0. The monoisotopic (exact) mass is 945 g/mol. The lowest BCUT2D eigenvalue weighted by molar-refractivity contribution is -0.149. The average Bonchev–Trinajstić information content (AvgIpc) is 4.00. The van der Waals surface area contributed by atoms with E-state index in [2.05, 4.69) is 55.7 Å². The Hall–Kier alpha value is -4.55. The Bertz CT molecular complexity index is 2080. The summed E-state index contributed by atoms with van der Waals surface area (Å²) in [4.78, 5) is 12.5. The SMILES string of the molecule is CCCCCCCCCCCOc1ccc(C#Cc2ccc(C#Cc3ccc(OCCCCCCCCCCC)c(F)c3)c(CCCCCCCCCCCOC(=O)C3CC4C=CC3C4)c2)cc1F. The van der Waals surface area contributed by atoms with E-state index in [9.17, 15) is 4.79 Å². The minimum Gasteiger partial charge on any atom is -0.491 e. The summed E-state index contributed by atoms with van der Waals surface area (Å²) in [5, 5.41) is 0. The molecule has 69 heavy (non-hydrogen) atoms. The van der Waals surface area contributed by atoms with E-state index in [-0.39, 0.29) is 35.0 Å². The number of carbonyl (C=O) groups excluding carboxylic acids is 1. The van der Waals surface area contributed by atoms with Crippen LogP contribution in [0.1, 0.15) is 228 Å². The molecule has 2 aliphatic rings. The quantitative estimate of drug-likeness (QED) is 0.0255. The van der Waals surface area contributed by atoms with Gasteiger partial charge in [-0.25, -0.2) is 8.78 Å². The smallest absolute Gasteiger partial charge is 0.309 e. The first-order valence-electron chi connectivity index (χ1n) is 27.8. The lowest BCUT2D eigenvalue weighted by atomic mass is 9.94. The molecule has 0 saturated heterocycles. The van der Waals surface area contributed by atoms with Crippen LogP contribution in [-0.4, -0.2) is 25.8 Å². The van der Waals surface area contributed by atoms with Crippen molar-refractivity contribution in [2.24, 2.45) is 17.8 Å². The minimum absolute atomic E-state index is 0.0129. The van der Waals surface area contributed by atoms with Crippen molar-refractivity contribution in [3.63, 3.8) is 0 Å². The van der Waals surface area contributed by atoms with Crippen molar-refractivity contribution in [3.8, 4) is 35.2 Å². The van der Waals surface area contributed by atoms with Gasteiger partial charge in [0.15, 0.2) is 23.1 Å². The van der Waals surface area contributed by atoms with E-state index >= 15 is 8.78 Å². The van der Waals surface area contributed by atoms with Crippen molar-refractivity contribution in [2.45, 2.75) is 206 Å². The Morgan fingerprint density at radius 2 is 0.928 bits per heavy atom. The van der Waals surface area contributed by atoms with Crippen molar-refractivity contribution >= 4 is 5.97 Å². The third-order valence-corrected chi connectivity index (χ3v) is 14.1. The molecule has 0 radical (unpaired) electrons. The topological polar surface area (TPSA) is 44.8 Å². The summed E-state index contributed by atoms with van der Waals surface area (Å²) in [6, 6.07) is 16.0. The van der Waals surface area contributed by atoms with Crippen LogP contribution in [0.3, 0.4) is 0 Å². The molecule has 3 aromatic carbocycles. The second-order valence-corrected chi connectivity index (χ2v) is 20.0. The molecule has 3 atom stereocenters. The lowest BCUT2D eigenvalue weighted by Crippen LogP contribution is -2.21. The molecule has 0 spiro atoms. The predicted octanol–water partition coefficient (Wildman–Crippen LogP) is 17.4. The zero-order chi connectivity index (χ0) is 48.6. The highest BCUT2D eigenvalue weighted by molar-refractivity contribution is 5.74. The van der Waals surface area contributed by atoms with Gasteiger partial charge in [-0.05, 0) is 117 Å². The Morgan fingerprint density at radius 1 is 0.493 bits per heavy atom. The number of esters is 1.